The van der Waals surface area contributed by atoms with E-state index in [2.05, 4.69) is 40.8 Å². The fourth-order valence-electron chi connectivity index (χ4n) is 5.00. The number of epoxide rings is 2. The Hall–Kier alpha value is -1.73. The van der Waals surface area contributed by atoms with Crippen molar-refractivity contribution < 1.29 is 37.6 Å². The fourth-order valence-corrected chi connectivity index (χ4v) is 5.00. The molecule has 10 nitrogen and oxygen atoms in total. The second-order valence-electron chi connectivity index (χ2n) is 9.94. The molecule has 1 spiro atoms. The van der Waals surface area contributed by atoms with Crippen molar-refractivity contribution in [2.24, 2.45) is 5.92 Å². The Morgan fingerprint density at radius 2 is 1.89 bits per heavy atom. The summed E-state index contributed by atoms with van der Waals surface area (Å²) in [5.41, 5.74) is 3.22. The van der Waals surface area contributed by atoms with E-state index in [0.717, 1.165) is 38.5 Å². The van der Waals surface area contributed by atoms with Crippen LogP contribution in [-0.2, 0) is 28.5 Å². The van der Waals surface area contributed by atoms with E-state index in [1.165, 1.54) is 5.57 Å². The first-order chi connectivity index (χ1) is 17.4. The minimum atomic E-state index is -0.432. The van der Waals surface area contributed by atoms with Crippen LogP contribution in [0.25, 0.3) is 0 Å². The standard InChI is InChI=1S/C24H40BFN3O7/c1-16(2)8-9-17-22(34-17)20-21(32-3)18(10-11-24(20)15-33-24)35-23(31)28-13-7-5-4-6-12-27-19(30)14-29-36-25-26/h8,17-18,20-22,29H,4-7,9-15H2,1-3H3,(H,27,30)(H,28,31)/t17-,18?,20?,21?,22+,24+/m1/s1. The second-order valence-corrected chi connectivity index (χ2v) is 9.94. The number of halogens is 1. The Morgan fingerprint density at radius 1 is 1.17 bits per heavy atom. The van der Waals surface area contributed by atoms with Crippen molar-refractivity contribution in [2.75, 3.05) is 33.4 Å². The van der Waals surface area contributed by atoms with Gasteiger partial charge in [-0.25, -0.2) is 10.3 Å². The van der Waals surface area contributed by atoms with Crippen LogP contribution in [0, 0.1) is 5.92 Å². The molecule has 3 aliphatic rings. The van der Waals surface area contributed by atoms with Crippen molar-refractivity contribution >= 4 is 19.8 Å². The molecule has 12 heteroatoms. The summed E-state index contributed by atoms with van der Waals surface area (Å²) in [5.74, 6) is -0.216. The average Bonchev–Trinajstić information content (AvgIpc) is 3.78. The summed E-state index contributed by atoms with van der Waals surface area (Å²) in [6.07, 6.45) is 7.23. The number of carbonyl (C=O) groups is 2. The molecule has 2 amide bonds. The minimum absolute atomic E-state index is 0.0254. The van der Waals surface area contributed by atoms with Crippen molar-refractivity contribution in [1.29, 1.82) is 0 Å². The molecule has 0 bridgehead atoms. The van der Waals surface area contributed by atoms with Crippen LogP contribution in [0.15, 0.2) is 11.6 Å². The third-order valence-electron chi connectivity index (χ3n) is 7.02. The van der Waals surface area contributed by atoms with Crippen molar-refractivity contribution in [3.05, 3.63) is 11.6 Å². The van der Waals surface area contributed by atoms with Gasteiger partial charge in [-0.2, -0.15) is 0 Å². The molecular formula is C24H40BFN3O7. The first-order valence-corrected chi connectivity index (χ1v) is 12.9. The van der Waals surface area contributed by atoms with Crippen molar-refractivity contribution in [1.82, 2.24) is 16.1 Å². The van der Waals surface area contributed by atoms with Crippen LogP contribution in [0.4, 0.5) is 9.11 Å². The van der Waals surface area contributed by atoms with Gasteiger partial charge in [-0.1, -0.05) is 24.5 Å². The Balaban J connectivity index is 1.31. The van der Waals surface area contributed by atoms with E-state index in [4.69, 9.17) is 18.9 Å². The molecule has 203 valence electrons. The number of carbonyl (C=O) groups excluding carboxylic acids is 2. The third-order valence-corrected chi connectivity index (χ3v) is 7.02. The molecule has 2 aliphatic heterocycles. The van der Waals surface area contributed by atoms with Crippen LogP contribution < -0.4 is 16.1 Å². The lowest BCUT2D eigenvalue weighted by Crippen LogP contribution is -2.53. The summed E-state index contributed by atoms with van der Waals surface area (Å²) in [5, 5.41) is 5.54. The first-order valence-electron chi connectivity index (χ1n) is 12.9. The maximum absolute atomic E-state index is 12.5. The topological polar surface area (TPSA) is 123 Å². The molecule has 6 atom stereocenters. The Labute approximate surface area is 213 Å². The lowest BCUT2D eigenvalue weighted by Gasteiger charge is -2.40. The largest absolute Gasteiger partial charge is 0.553 e. The van der Waals surface area contributed by atoms with Gasteiger partial charge in [-0.15, -0.1) is 0 Å². The molecule has 2 saturated heterocycles. The van der Waals surface area contributed by atoms with Crippen LogP contribution in [0.2, 0.25) is 0 Å². The molecule has 0 aromatic carbocycles. The summed E-state index contributed by atoms with van der Waals surface area (Å²) in [6.45, 7) is 5.80. The molecule has 1 aliphatic carbocycles. The second kappa shape index (κ2) is 14.3. The highest BCUT2D eigenvalue weighted by atomic mass is 19.1. The number of nitrogens with one attached hydrogen (secondary N) is 3. The SMILES string of the molecule is COC1C(OC(=O)NCCCCCCNC(=O)CNO[B]F)CC[C@]2(CO2)C1[C@H]1O[C@@H]1CC=C(C)C. The van der Waals surface area contributed by atoms with Gasteiger partial charge >= 0.3 is 13.9 Å². The molecule has 3 unspecified atom stereocenters. The van der Waals surface area contributed by atoms with E-state index < -0.39 is 6.09 Å². The van der Waals surface area contributed by atoms with E-state index in [1.54, 1.807) is 7.11 Å². The van der Waals surface area contributed by atoms with Crippen LogP contribution in [0.3, 0.4) is 0 Å². The van der Waals surface area contributed by atoms with Crippen molar-refractivity contribution in [3.63, 3.8) is 0 Å². The molecule has 0 aromatic heterocycles. The predicted molar refractivity (Wildman–Crippen MR) is 131 cm³/mol. The van der Waals surface area contributed by atoms with Crippen LogP contribution in [0.5, 0.6) is 0 Å². The number of unbranched alkanes of at least 4 members (excludes halogenated alkanes) is 3. The molecule has 36 heavy (non-hydrogen) atoms. The van der Waals surface area contributed by atoms with Gasteiger partial charge in [0.25, 0.3) is 0 Å². The maximum Gasteiger partial charge on any atom is 0.553 e. The highest BCUT2D eigenvalue weighted by molar-refractivity contribution is 6.16. The normalized spacial score (nSPS) is 30.4. The van der Waals surface area contributed by atoms with Gasteiger partial charge in [0, 0.05) is 26.1 Å². The zero-order chi connectivity index (χ0) is 26.0. The van der Waals surface area contributed by atoms with Gasteiger partial charge in [0.05, 0.1) is 31.0 Å². The van der Waals surface area contributed by atoms with Gasteiger partial charge in [0.15, 0.2) is 0 Å². The predicted octanol–water partition coefficient (Wildman–Crippen LogP) is 2.10. The lowest BCUT2D eigenvalue weighted by molar-refractivity contribution is -0.121. The Kier molecular flexibility index (Phi) is 11.4. The quantitative estimate of drug-likeness (QED) is 0.0945. The lowest BCUT2D eigenvalue weighted by atomic mass is 9.73. The number of allylic oxidation sites excluding steroid dienone is 1. The number of ether oxygens (including phenoxy) is 4. The smallest absolute Gasteiger partial charge is 0.443 e. The molecule has 1 saturated carbocycles. The maximum atomic E-state index is 12.5. The molecular weight excluding hydrogens is 472 g/mol. The summed E-state index contributed by atoms with van der Waals surface area (Å²) < 4.78 is 39.3. The number of alkyl carbamates (subject to hydrolysis) is 1. The number of rotatable bonds is 16. The summed E-state index contributed by atoms with van der Waals surface area (Å²) in [4.78, 5) is 23.9. The van der Waals surface area contributed by atoms with Crippen molar-refractivity contribution in [2.45, 2.75) is 88.8 Å². The van der Waals surface area contributed by atoms with Gasteiger partial charge in [-0.3, -0.25) is 9.11 Å². The van der Waals surface area contributed by atoms with E-state index >= 15 is 0 Å². The van der Waals surface area contributed by atoms with E-state index in [-0.39, 0.29) is 56.1 Å². The zero-order valence-electron chi connectivity index (χ0n) is 21.6. The van der Waals surface area contributed by atoms with Gasteiger partial charge in [-0.05, 0) is 46.0 Å². The number of methoxy groups -OCH3 is 1. The summed E-state index contributed by atoms with van der Waals surface area (Å²) >= 11 is 0. The highest BCUT2D eigenvalue weighted by Gasteiger charge is 2.66. The van der Waals surface area contributed by atoms with Crippen molar-refractivity contribution in [3.8, 4) is 0 Å². The fraction of sp³-hybridized carbons (Fsp3) is 0.833. The van der Waals surface area contributed by atoms with Crippen LogP contribution in [0.1, 0.15) is 58.8 Å². The summed E-state index contributed by atoms with van der Waals surface area (Å²) in [6, 6.07) is 0. The Bertz CT molecular complexity index is 751. The van der Waals surface area contributed by atoms with Gasteiger partial charge < -0.3 is 34.3 Å². The number of hydrogen-bond acceptors (Lipinski definition) is 8. The van der Waals surface area contributed by atoms with Gasteiger partial charge in [0.2, 0.25) is 5.91 Å². The molecule has 3 N–H and O–H groups in total. The number of amides is 2. The molecule has 0 aromatic rings. The van der Waals surface area contributed by atoms with Gasteiger partial charge in [0.1, 0.15) is 12.2 Å². The number of hydrogen-bond donors (Lipinski definition) is 3. The summed E-state index contributed by atoms with van der Waals surface area (Å²) in [7, 11) is 1.64. The Morgan fingerprint density at radius 3 is 2.53 bits per heavy atom. The average molecular weight is 512 g/mol. The van der Waals surface area contributed by atoms with Crippen LogP contribution >= 0.6 is 0 Å². The minimum Gasteiger partial charge on any atom is -0.443 e. The molecule has 1 radical (unpaired) electrons. The third kappa shape index (κ3) is 8.69. The zero-order valence-corrected chi connectivity index (χ0v) is 21.6. The van der Waals surface area contributed by atoms with E-state index in [0.29, 0.717) is 26.1 Å². The van der Waals surface area contributed by atoms with E-state index in [1.807, 2.05) is 0 Å². The molecule has 3 rings (SSSR count). The molecule has 2 heterocycles. The monoisotopic (exact) mass is 512 g/mol. The molecule has 3 fully saturated rings. The van der Waals surface area contributed by atoms with Crippen LogP contribution in [-0.4, -0.2) is 83.1 Å². The highest BCUT2D eigenvalue weighted by Crippen LogP contribution is 2.54. The van der Waals surface area contributed by atoms with E-state index in [9.17, 15) is 13.9 Å². The number of hydroxylamine groups is 1. The first kappa shape index (κ1) is 28.8.